The van der Waals surface area contributed by atoms with Crippen molar-refractivity contribution in [3.05, 3.63) is 29.3 Å². The Morgan fingerprint density at radius 1 is 1.29 bits per heavy atom. The smallest absolute Gasteiger partial charge is 0.321 e. The molecule has 2 aliphatic rings. The van der Waals surface area contributed by atoms with Gasteiger partial charge < -0.3 is 15.3 Å². The molecule has 3 rings (SSSR count). The number of amides is 2. The van der Waals surface area contributed by atoms with E-state index in [1.165, 1.54) is 0 Å². The average molecular weight is 330 g/mol. The number of hydrogen-bond acceptors (Lipinski definition) is 3. The summed E-state index contributed by atoms with van der Waals surface area (Å²) >= 11 is 0. The predicted octanol–water partition coefficient (Wildman–Crippen LogP) is 3.36. The molecule has 2 atom stereocenters. The molecular weight excluding hydrogens is 304 g/mol. The van der Waals surface area contributed by atoms with Gasteiger partial charge in [-0.3, -0.25) is 4.79 Å². The molecule has 0 aromatic heterocycles. The van der Waals surface area contributed by atoms with Gasteiger partial charge in [-0.2, -0.15) is 0 Å². The predicted molar refractivity (Wildman–Crippen MR) is 93.3 cm³/mol. The van der Waals surface area contributed by atoms with Gasteiger partial charge >= 0.3 is 6.03 Å². The molecule has 0 spiro atoms. The zero-order valence-electron chi connectivity index (χ0n) is 14.5. The normalized spacial score (nSPS) is 26.6. The largest absolute Gasteiger partial charge is 0.389 e. The number of Topliss-reactive ketones (excluding diaryl/α,β-unsaturated/α-hetero) is 1. The lowest BCUT2D eigenvalue weighted by Crippen LogP contribution is -2.55. The van der Waals surface area contributed by atoms with Crippen molar-refractivity contribution in [2.45, 2.75) is 51.6 Å². The summed E-state index contributed by atoms with van der Waals surface area (Å²) in [4.78, 5) is 25.8. The number of fused-ring (bicyclic) bond motifs is 1. The third-order valence-electron chi connectivity index (χ3n) is 5.57. The molecule has 1 aliphatic heterocycles. The Bertz CT molecular complexity index is 658. The molecule has 1 aliphatic carbocycles. The van der Waals surface area contributed by atoms with Crippen LogP contribution in [0.1, 0.15) is 54.9 Å². The van der Waals surface area contributed by atoms with Crippen LogP contribution in [0.4, 0.5) is 10.5 Å². The Kier molecular flexibility index (Phi) is 4.63. The van der Waals surface area contributed by atoms with Crippen LogP contribution in [0.15, 0.2) is 18.2 Å². The number of carbonyl (C=O) groups is 2. The van der Waals surface area contributed by atoms with Gasteiger partial charge in [0.15, 0.2) is 5.78 Å². The number of rotatable bonds is 2. The van der Waals surface area contributed by atoms with E-state index < -0.39 is 5.60 Å². The number of hydrogen-bond donors (Lipinski definition) is 2. The number of nitrogens with one attached hydrogen (secondary N) is 1. The fraction of sp³-hybridized carbons (Fsp3) is 0.579. The highest BCUT2D eigenvalue weighted by atomic mass is 16.3. The van der Waals surface area contributed by atoms with Crippen molar-refractivity contribution in [1.82, 2.24) is 4.90 Å². The number of piperidine rings is 1. The van der Waals surface area contributed by atoms with Gasteiger partial charge in [0.2, 0.25) is 0 Å². The van der Waals surface area contributed by atoms with Crippen molar-refractivity contribution in [2.75, 3.05) is 18.4 Å². The molecule has 2 fully saturated rings. The maximum absolute atomic E-state index is 12.5. The zero-order valence-corrected chi connectivity index (χ0v) is 14.5. The highest BCUT2D eigenvalue weighted by Crippen LogP contribution is 2.39. The summed E-state index contributed by atoms with van der Waals surface area (Å²) in [5, 5.41) is 13.6. The summed E-state index contributed by atoms with van der Waals surface area (Å²) in [6, 6.07) is 5.22. The van der Waals surface area contributed by atoms with E-state index in [9.17, 15) is 14.7 Å². The molecule has 1 saturated carbocycles. The SMILES string of the molecule is CC(=O)c1ccc(NC(=O)N2CC[C@]3(O)CCCC[C@H]3C2)cc1C. The van der Waals surface area contributed by atoms with E-state index in [0.29, 0.717) is 30.8 Å². The molecule has 0 unspecified atom stereocenters. The highest BCUT2D eigenvalue weighted by molar-refractivity contribution is 5.96. The number of nitrogens with zero attached hydrogens (tertiary/aromatic N) is 1. The summed E-state index contributed by atoms with van der Waals surface area (Å²) in [7, 11) is 0. The lowest BCUT2D eigenvalue weighted by molar-refractivity contribution is -0.0863. The average Bonchev–Trinajstić information content (AvgIpc) is 2.53. The van der Waals surface area contributed by atoms with Gasteiger partial charge in [0.1, 0.15) is 0 Å². The molecule has 2 N–H and O–H groups in total. The molecule has 5 heteroatoms. The van der Waals surface area contributed by atoms with Gasteiger partial charge in [0.05, 0.1) is 5.60 Å². The molecule has 1 saturated heterocycles. The Hall–Kier alpha value is -1.88. The summed E-state index contributed by atoms with van der Waals surface area (Å²) in [6.07, 6.45) is 4.73. The van der Waals surface area contributed by atoms with Crippen molar-refractivity contribution in [1.29, 1.82) is 0 Å². The number of aliphatic hydroxyl groups is 1. The van der Waals surface area contributed by atoms with Crippen LogP contribution in [0.25, 0.3) is 0 Å². The van der Waals surface area contributed by atoms with Crippen LogP contribution in [0.2, 0.25) is 0 Å². The molecule has 1 heterocycles. The van der Waals surface area contributed by atoms with Crippen molar-refractivity contribution in [3.63, 3.8) is 0 Å². The number of urea groups is 1. The van der Waals surface area contributed by atoms with Crippen LogP contribution in [0.5, 0.6) is 0 Å². The van der Waals surface area contributed by atoms with Crippen LogP contribution in [0, 0.1) is 12.8 Å². The molecule has 130 valence electrons. The number of carbonyl (C=O) groups excluding carboxylic acids is 2. The van der Waals surface area contributed by atoms with E-state index in [1.54, 1.807) is 24.0 Å². The summed E-state index contributed by atoms with van der Waals surface area (Å²) < 4.78 is 0. The molecular formula is C19H26N2O3. The van der Waals surface area contributed by atoms with Crippen LogP contribution in [0.3, 0.4) is 0 Å². The fourth-order valence-corrected chi connectivity index (χ4v) is 4.09. The highest BCUT2D eigenvalue weighted by Gasteiger charge is 2.43. The van der Waals surface area contributed by atoms with Gasteiger partial charge in [0, 0.05) is 30.3 Å². The Balaban J connectivity index is 1.65. The Labute approximate surface area is 143 Å². The van der Waals surface area contributed by atoms with Crippen LogP contribution >= 0.6 is 0 Å². The van der Waals surface area contributed by atoms with Crippen molar-refractivity contribution in [3.8, 4) is 0 Å². The van der Waals surface area contributed by atoms with Crippen LogP contribution in [-0.2, 0) is 0 Å². The Morgan fingerprint density at radius 3 is 2.79 bits per heavy atom. The van der Waals surface area contributed by atoms with Crippen molar-refractivity contribution in [2.24, 2.45) is 5.92 Å². The molecule has 0 bridgehead atoms. The second-order valence-corrected chi connectivity index (χ2v) is 7.26. The van der Waals surface area contributed by atoms with Gasteiger partial charge in [0.25, 0.3) is 0 Å². The number of benzene rings is 1. The number of likely N-dealkylation sites (tertiary alicyclic amines) is 1. The minimum atomic E-state index is -0.575. The van der Waals surface area contributed by atoms with E-state index in [2.05, 4.69) is 5.32 Å². The third kappa shape index (κ3) is 3.31. The summed E-state index contributed by atoms with van der Waals surface area (Å²) in [5.41, 5.74) is 1.67. The first kappa shape index (κ1) is 17.0. The number of ketones is 1. The molecule has 0 radical (unpaired) electrons. The van der Waals surface area contributed by atoms with Gasteiger partial charge in [-0.05, 0) is 56.9 Å². The first-order chi connectivity index (χ1) is 11.4. The minimum absolute atomic E-state index is 0.0259. The second-order valence-electron chi connectivity index (χ2n) is 7.26. The van der Waals surface area contributed by atoms with Crippen molar-refractivity contribution >= 4 is 17.5 Å². The standard InChI is InChI=1S/C19H26N2O3/c1-13-11-16(6-7-17(13)14(2)22)20-18(23)21-10-9-19(24)8-4-3-5-15(19)12-21/h6-7,11,15,24H,3-5,8-10,12H2,1-2H3,(H,20,23)/t15-,19+/m0/s1. The molecule has 1 aromatic rings. The lowest BCUT2D eigenvalue weighted by atomic mass is 9.71. The minimum Gasteiger partial charge on any atom is -0.389 e. The van der Waals surface area contributed by atoms with Gasteiger partial charge in [-0.1, -0.05) is 12.8 Å². The molecule has 24 heavy (non-hydrogen) atoms. The number of aryl methyl sites for hydroxylation is 1. The van der Waals surface area contributed by atoms with Crippen LogP contribution < -0.4 is 5.32 Å². The fourth-order valence-electron chi connectivity index (χ4n) is 4.09. The van der Waals surface area contributed by atoms with Crippen molar-refractivity contribution < 1.29 is 14.7 Å². The van der Waals surface area contributed by atoms with Gasteiger partial charge in [-0.25, -0.2) is 4.79 Å². The van der Waals surface area contributed by atoms with Crippen LogP contribution in [-0.4, -0.2) is 40.5 Å². The third-order valence-corrected chi connectivity index (χ3v) is 5.57. The first-order valence-electron chi connectivity index (χ1n) is 8.79. The van der Waals surface area contributed by atoms with E-state index in [-0.39, 0.29) is 17.7 Å². The summed E-state index contributed by atoms with van der Waals surface area (Å²) in [5.74, 6) is 0.213. The monoisotopic (exact) mass is 330 g/mol. The summed E-state index contributed by atoms with van der Waals surface area (Å²) in [6.45, 7) is 4.62. The number of anilines is 1. The topological polar surface area (TPSA) is 69.6 Å². The first-order valence-corrected chi connectivity index (χ1v) is 8.79. The maximum atomic E-state index is 12.5. The van der Waals surface area contributed by atoms with E-state index in [1.807, 2.05) is 13.0 Å². The molecule has 2 amide bonds. The second kappa shape index (κ2) is 6.55. The van der Waals surface area contributed by atoms with E-state index in [0.717, 1.165) is 31.2 Å². The lowest BCUT2D eigenvalue weighted by Gasteiger charge is -2.47. The van der Waals surface area contributed by atoms with E-state index >= 15 is 0 Å². The quantitative estimate of drug-likeness (QED) is 0.817. The molecule has 5 nitrogen and oxygen atoms in total. The zero-order chi connectivity index (χ0) is 17.3. The Morgan fingerprint density at radius 2 is 2.08 bits per heavy atom. The van der Waals surface area contributed by atoms with Gasteiger partial charge in [-0.15, -0.1) is 0 Å². The maximum Gasteiger partial charge on any atom is 0.321 e. The van der Waals surface area contributed by atoms with E-state index in [4.69, 9.17) is 0 Å². The molecule has 1 aromatic carbocycles.